The molecule has 23 heavy (non-hydrogen) atoms. The van der Waals surface area contributed by atoms with E-state index >= 15 is 0 Å². The first kappa shape index (κ1) is 15.6. The van der Waals surface area contributed by atoms with Gasteiger partial charge in [0, 0.05) is 4.47 Å². The average molecular weight is 391 g/mol. The predicted molar refractivity (Wildman–Crippen MR) is 93.1 cm³/mol. The molecule has 7 heteroatoms. The molecule has 0 radical (unpaired) electrons. The van der Waals surface area contributed by atoms with Crippen molar-refractivity contribution in [3.05, 3.63) is 58.1 Å². The number of anilines is 1. The summed E-state index contributed by atoms with van der Waals surface area (Å²) in [6.07, 6.45) is 0. The van der Waals surface area contributed by atoms with Gasteiger partial charge >= 0.3 is 5.97 Å². The Bertz CT molecular complexity index is 907. The highest BCUT2D eigenvalue weighted by molar-refractivity contribution is 9.10. The maximum atomic E-state index is 12.4. The van der Waals surface area contributed by atoms with E-state index in [1.54, 1.807) is 24.3 Å². The van der Waals surface area contributed by atoms with Gasteiger partial charge in [0.25, 0.3) is 5.91 Å². The SMILES string of the molecule is COC(=O)c1ccccc1C(=O)Nc1nc2ccc(Br)cc2s1. The first-order valence-corrected chi connectivity index (χ1v) is 8.24. The van der Waals surface area contributed by atoms with Gasteiger partial charge in [0.1, 0.15) is 0 Å². The van der Waals surface area contributed by atoms with E-state index in [9.17, 15) is 9.59 Å². The van der Waals surface area contributed by atoms with Crippen LogP contribution in [0, 0.1) is 0 Å². The van der Waals surface area contributed by atoms with Gasteiger partial charge in [0.2, 0.25) is 0 Å². The summed E-state index contributed by atoms with van der Waals surface area (Å²) in [4.78, 5) is 28.6. The Kier molecular flexibility index (Phi) is 4.40. The smallest absolute Gasteiger partial charge is 0.338 e. The number of aromatic nitrogens is 1. The quantitative estimate of drug-likeness (QED) is 0.683. The molecule has 0 spiro atoms. The van der Waals surface area contributed by atoms with E-state index in [2.05, 4.69) is 26.2 Å². The van der Waals surface area contributed by atoms with Crippen molar-refractivity contribution in [3.8, 4) is 0 Å². The molecule has 116 valence electrons. The Morgan fingerprint density at radius 2 is 1.91 bits per heavy atom. The van der Waals surface area contributed by atoms with Gasteiger partial charge in [-0.05, 0) is 30.3 Å². The summed E-state index contributed by atoms with van der Waals surface area (Å²) in [6.45, 7) is 0. The van der Waals surface area contributed by atoms with E-state index in [4.69, 9.17) is 4.74 Å². The molecule has 1 N–H and O–H groups in total. The van der Waals surface area contributed by atoms with Crippen LogP contribution >= 0.6 is 27.3 Å². The molecule has 1 aromatic heterocycles. The van der Waals surface area contributed by atoms with E-state index in [-0.39, 0.29) is 11.1 Å². The van der Waals surface area contributed by atoms with Crippen LogP contribution < -0.4 is 5.32 Å². The summed E-state index contributed by atoms with van der Waals surface area (Å²) >= 11 is 4.77. The topological polar surface area (TPSA) is 68.3 Å². The third-order valence-electron chi connectivity index (χ3n) is 3.15. The minimum atomic E-state index is -0.552. The molecule has 1 heterocycles. The molecule has 0 aliphatic heterocycles. The van der Waals surface area contributed by atoms with E-state index in [0.717, 1.165) is 14.7 Å². The number of benzene rings is 2. The molecule has 0 saturated carbocycles. The highest BCUT2D eigenvalue weighted by Gasteiger charge is 2.18. The van der Waals surface area contributed by atoms with E-state index in [0.29, 0.717) is 5.13 Å². The van der Waals surface area contributed by atoms with Crippen molar-refractivity contribution in [2.75, 3.05) is 12.4 Å². The Labute approximate surface area is 144 Å². The maximum Gasteiger partial charge on any atom is 0.338 e. The summed E-state index contributed by atoms with van der Waals surface area (Å²) in [5, 5.41) is 3.21. The van der Waals surface area contributed by atoms with Gasteiger partial charge in [0.05, 0.1) is 28.5 Å². The van der Waals surface area contributed by atoms with Crippen molar-refractivity contribution < 1.29 is 14.3 Å². The number of amides is 1. The van der Waals surface area contributed by atoms with Gasteiger partial charge in [-0.1, -0.05) is 39.4 Å². The lowest BCUT2D eigenvalue weighted by atomic mass is 10.1. The Morgan fingerprint density at radius 3 is 2.65 bits per heavy atom. The zero-order valence-corrected chi connectivity index (χ0v) is 14.4. The van der Waals surface area contributed by atoms with Crippen LogP contribution in [-0.4, -0.2) is 24.0 Å². The molecule has 0 saturated heterocycles. The fraction of sp³-hybridized carbons (Fsp3) is 0.0625. The second-order valence-corrected chi connectivity index (χ2v) is 6.57. The third-order valence-corrected chi connectivity index (χ3v) is 4.57. The van der Waals surface area contributed by atoms with E-state index in [1.165, 1.54) is 18.4 Å². The summed E-state index contributed by atoms with van der Waals surface area (Å²) in [5.74, 6) is -0.951. The predicted octanol–water partition coefficient (Wildman–Crippen LogP) is 4.10. The molecule has 3 aromatic rings. The lowest BCUT2D eigenvalue weighted by Crippen LogP contribution is -2.16. The minimum Gasteiger partial charge on any atom is -0.465 e. The number of hydrogen-bond acceptors (Lipinski definition) is 5. The summed E-state index contributed by atoms with van der Waals surface area (Å²) in [7, 11) is 1.28. The number of hydrogen-bond donors (Lipinski definition) is 1. The van der Waals surface area contributed by atoms with Gasteiger partial charge < -0.3 is 4.74 Å². The molecule has 5 nitrogen and oxygen atoms in total. The molecule has 0 atom stereocenters. The van der Waals surface area contributed by atoms with Crippen molar-refractivity contribution in [2.24, 2.45) is 0 Å². The number of ether oxygens (including phenoxy) is 1. The number of nitrogens with one attached hydrogen (secondary N) is 1. The highest BCUT2D eigenvalue weighted by Crippen LogP contribution is 2.28. The summed E-state index contributed by atoms with van der Waals surface area (Å²) < 4.78 is 6.60. The lowest BCUT2D eigenvalue weighted by Gasteiger charge is -2.06. The van der Waals surface area contributed by atoms with Gasteiger partial charge in [-0.3, -0.25) is 10.1 Å². The number of thiazole rings is 1. The Balaban J connectivity index is 1.90. The van der Waals surface area contributed by atoms with E-state index in [1.807, 2.05) is 18.2 Å². The molecule has 0 fully saturated rings. The summed E-state index contributed by atoms with van der Waals surface area (Å²) in [6, 6.07) is 12.2. The molecule has 2 aromatic carbocycles. The van der Waals surface area contributed by atoms with Gasteiger partial charge in [0.15, 0.2) is 5.13 Å². The number of nitrogens with zero attached hydrogens (tertiary/aromatic N) is 1. The van der Waals surface area contributed by atoms with Gasteiger partial charge in [-0.2, -0.15) is 0 Å². The van der Waals surface area contributed by atoms with Crippen molar-refractivity contribution in [1.29, 1.82) is 0 Å². The molecule has 1 amide bonds. The zero-order chi connectivity index (χ0) is 16.4. The van der Waals surface area contributed by atoms with Crippen LogP contribution in [0.2, 0.25) is 0 Å². The van der Waals surface area contributed by atoms with Gasteiger partial charge in [-0.25, -0.2) is 9.78 Å². The first-order chi connectivity index (χ1) is 11.1. The fourth-order valence-electron chi connectivity index (χ4n) is 2.09. The number of halogens is 1. The average Bonchev–Trinajstić information content (AvgIpc) is 2.95. The largest absolute Gasteiger partial charge is 0.465 e. The molecule has 0 unspecified atom stereocenters. The normalized spacial score (nSPS) is 10.5. The van der Waals surface area contributed by atoms with E-state index < -0.39 is 11.9 Å². The standard InChI is InChI=1S/C16H11BrN2O3S/c1-22-15(21)11-5-3-2-4-10(11)14(20)19-16-18-12-7-6-9(17)8-13(12)23-16/h2-8H,1H3,(H,18,19,20). The zero-order valence-electron chi connectivity index (χ0n) is 12.0. The first-order valence-electron chi connectivity index (χ1n) is 6.63. The Hall–Kier alpha value is -2.25. The second kappa shape index (κ2) is 6.47. The molecule has 0 aliphatic rings. The molecular weight excluding hydrogens is 380 g/mol. The van der Waals surface area contributed by atoms with Crippen LogP contribution in [0.5, 0.6) is 0 Å². The van der Waals surface area contributed by atoms with Crippen molar-refractivity contribution in [2.45, 2.75) is 0 Å². The molecule has 0 bridgehead atoms. The lowest BCUT2D eigenvalue weighted by molar-refractivity contribution is 0.0597. The number of methoxy groups -OCH3 is 1. The van der Waals surface area contributed by atoms with Crippen LogP contribution in [-0.2, 0) is 4.74 Å². The van der Waals surface area contributed by atoms with Crippen molar-refractivity contribution >= 4 is 54.5 Å². The second-order valence-electron chi connectivity index (χ2n) is 4.62. The number of esters is 1. The van der Waals surface area contributed by atoms with Crippen LogP contribution in [0.15, 0.2) is 46.9 Å². The maximum absolute atomic E-state index is 12.4. The molecule has 3 rings (SSSR count). The van der Waals surface area contributed by atoms with Crippen molar-refractivity contribution in [1.82, 2.24) is 4.98 Å². The minimum absolute atomic E-state index is 0.219. The molecular formula is C16H11BrN2O3S. The monoisotopic (exact) mass is 390 g/mol. The third kappa shape index (κ3) is 3.25. The van der Waals surface area contributed by atoms with Crippen LogP contribution in [0.4, 0.5) is 5.13 Å². The Morgan fingerprint density at radius 1 is 1.17 bits per heavy atom. The van der Waals surface area contributed by atoms with Crippen molar-refractivity contribution in [3.63, 3.8) is 0 Å². The number of fused-ring (bicyclic) bond motifs is 1. The number of carbonyl (C=O) groups excluding carboxylic acids is 2. The number of rotatable bonds is 3. The highest BCUT2D eigenvalue weighted by atomic mass is 79.9. The number of carbonyl (C=O) groups is 2. The van der Waals surface area contributed by atoms with Crippen LogP contribution in [0.25, 0.3) is 10.2 Å². The fourth-order valence-corrected chi connectivity index (χ4v) is 3.50. The molecule has 0 aliphatic carbocycles. The summed E-state index contributed by atoms with van der Waals surface area (Å²) in [5.41, 5.74) is 1.27. The van der Waals surface area contributed by atoms with Crippen LogP contribution in [0.3, 0.4) is 0 Å². The van der Waals surface area contributed by atoms with Gasteiger partial charge in [-0.15, -0.1) is 0 Å². The van der Waals surface area contributed by atoms with Crippen LogP contribution in [0.1, 0.15) is 20.7 Å².